The van der Waals surface area contributed by atoms with Gasteiger partial charge in [0.05, 0.1) is 6.10 Å². The molecule has 2 heterocycles. The van der Waals surface area contributed by atoms with Crippen molar-refractivity contribution in [3.63, 3.8) is 0 Å². The highest BCUT2D eigenvalue weighted by Crippen LogP contribution is 2.43. The summed E-state index contributed by atoms with van der Waals surface area (Å²) in [5.74, 6) is 1.36. The molecular weight excluding hydrogens is 275 g/mol. The Kier molecular flexibility index (Phi) is 2.75. The first-order valence-corrected chi connectivity index (χ1v) is 6.74. The van der Waals surface area contributed by atoms with Crippen LogP contribution in [-0.2, 0) is 0 Å². The van der Waals surface area contributed by atoms with Gasteiger partial charge in [-0.3, -0.25) is 0 Å². The molecule has 4 rings (SSSR count). The Morgan fingerprint density at radius 3 is 2.76 bits per heavy atom. The molecular formula is C16H13FO4. The molecule has 2 aromatic carbocycles. The maximum absolute atomic E-state index is 13.3. The maximum atomic E-state index is 13.3. The number of benzene rings is 2. The number of hydrogen-bond donors (Lipinski definition) is 1. The Labute approximate surface area is 120 Å². The molecule has 2 aromatic rings. The van der Waals surface area contributed by atoms with Gasteiger partial charge in [0.2, 0.25) is 6.79 Å². The largest absolute Gasteiger partial charge is 0.485 e. The summed E-state index contributed by atoms with van der Waals surface area (Å²) in [5.41, 5.74) is 1.49. The van der Waals surface area contributed by atoms with Crippen LogP contribution in [0.5, 0.6) is 17.2 Å². The predicted octanol–water partition coefficient (Wildman–Crippen LogP) is 3.11. The zero-order chi connectivity index (χ0) is 14.4. The van der Waals surface area contributed by atoms with Crippen molar-refractivity contribution in [3.8, 4) is 17.2 Å². The van der Waals surface area contributed by atoms with E-state index in [1.165, 1.54) is 12.1 Å². The van der Waals surface area contributed by atoms with E-state index in [0.29, 0.717) is 29.2 Å². The zero-order valence-corrected chi connectivity index (χ0v) is 11.1. The van der Waals surface area contributed by atoms with E-state index < -0.39 is 6.10 Å². The fraction of sp³-hybridized carbons (Fsp3) is 0.250. The van der Waals surface area contributed by atoms with E-state index >= 15 is 0 Å². The van der Waals surface area contributed by atoms with Crippen LogP contribution in [0.2, 0.25) is 0 Å². The summed E-state index contributed by atoms with van der Waals surface area (Å²) in [5, 5.41) is 10.2. The van der Waals surface area contributed by atoms with Crippen LogP contribution in [0.4, 0.5) is 4.39 Å². The smallest absolute Gasteiger partial charge is 0.231 e. The minimum absolute atomic E-state index is 0.209. The van der Waals surface area contributed by atoms with Crippen LogP contribution >= 0.6 is 0 Å². The molecule has 0 saturated carbocycles. The molecule has 2 aliphatic rings. The van der Waals surface area contributed by atoms with E-state index in [2.05, 4.69) is 0 Å². The van der Waals surface area contributed by atoms with Crippen LogP contribution in [0.3, 0.4) is 0 Å². The van der Waals surface area contributed by atoms with Gasteiger partial charge in [-0.2, -0.15) is 0 Å². The van der Waals surface area contributed by atoms with E-state index in [1.54, 1.807) is 6.07 Å². The lowest BCUT2D eigenvalue weighted by molar-refractivity contribution is 0.0652. The highest BCUT2D eigenvalue weighted by molar-refractivity contribution is 5.46. The SMILES string of the molecule is O[C@H]1CC(c2ccc3c(c2)OCO3)Oc2cc(F)ccc21. The summed E-state index contributed by atoms with van der Waals surface area (Å²) < 4.78 is 29.8. The van der Waals surface area contributed by atoms with Crippen LogP contribution < -0.4 is 14.2 Å². The van der Waals surface area contributed by atoms with E-state index in [9.17, 15) is 9.50 Å². The monoisotopic (exact) mass is 288 g/mol. The third-order valence-electron chi connectivity index (χ3n) is 3.81. The highest BCUT2D eigenvalue weighted by Gasteiger charge is 2.29. The topological polar surface area (TPSA) is 47.9 Å². The third-order valence-corrected chi connectivity index (χ3v) is 3.81. The van der Waals surface area contributed by atoms with Crippen LogP contribution in [0.25, 0.3) is 0 Å². The molecule has 2 aliphatic heterocycles. The second-order valence-electron chi connectivity index (χ2n) is 5.15. The molecule has 1 N–H and O–H groups in total. The highest BCUT2D eigenvalue weighted by atomic mass is 19.1. The van der Waals surface area contributed by atoms with E-state index in [1.807, 2.05) is 18.2 Å². The molecule has 0 aromatic heterocycles. The van der Waals surface area contributed by atoms with Crippen molar-refractivity contribution in [2.45, 2.75) is 18.6 Å². The van der Waals surface area contributed by atoms with Crippen molar-refractivity contribution in [2.75, 3.05) is 6.79 Å². The van der Waals surface area contributed by atoms with Gasteiger partial charge in [0.25, 0.3) is 0 Å². The fourth-order valence-corrected chi connectivity index (χ4v) is 2.73. The Morgan fingerprint density at radius 2 is 1.86 bits per heavy atom. The summed E-state index contributed by atoms with van der Waals surface area (Å²) in [6.07, 6.45) is -0.605. The lowest BCUT2D eigenvalue weighted by atomic mass is 9.95. The molecule has 0 aliphatic carbocycles. The Bertz CT molecular complexity index is 701. The quantitative estimate of drug-likeness (QED) is 0.876. The molecule has 0 saturated heterocycles. The number of hydrogen-bond acceptors (Lipinski definition) is 4. The number of halogens is 1. The predicted molar refractivity (Wildman–Crippen MR) is 71.9 cm³/mol. The fourth-order valence-electron chi connectivity index (χ4n) is 2.73. The van der Waals surface area contributed by atoms with Crippen LogP contribution in [-0.4, -0.2) is 11.9 Å². The van der Waals surface area contributed by atoms with Gasteiger partial charge in [0.15, 0.2) is 11.5 Å². The summed E-state index contributed by atoms with van der Waals surface area (Å²) in [7, 11) is 0. The summed E-state index contributed by atoms with van der Waals surface area (Å²) in [6.45, 7) is 0.209. The number of aliphatic hydroxyl groups excluding tert-OH is 1. The van der Waals surface area contributed by atoms with Gasteiger partial charge in [0.1, 0.15) is 17.7 Å². The van der Waals surface area contributed by atoms with Crippen molar-refractivity contribution in [1.29, 1.82) is 0 Å². The zero-order valence-electron chi connectivity index (χ0n) is 11.1. The summed E-state index contributed by atoms with van der Waals surface area (Å²) >= 11 is 0. The van der Waals surface area contributed by atoms with Gasteiger partial charge in [-0.25, -0.2) is 4.39 Å². The van der Waals surface area contributed by atoms with Crippen molar-refractivity contribution >= 4 is 0 Å². The molecule has 0 amide bonds. The van der Waals surface area contributed by atoms with Gasteiger partial charge < -0.3 is 19.3 Å². The molecule has 1 unspecified atom stereocenters. The average molecular weight is 288 g/mol. The summed E-state index contributed by atoms with van der Waals surface area (Å²) in [6, 6.07) is 9.71. The molecule has 21 heavy (non-hydrogen) atoms. The van der Waals surface area contributed by atoms with Crippen molar-refractivity contribution in [1.82, 2.24) is 0 Å². The lowest BCUT2D eigenvalue weighted by Crippen LogP contribution is -2.19. The van der Waals surface area contributed by atoms with Gasteiger partial charge >= 0.3 is 0 Å². The average Bonchev–Trinajstić information content (AvgIpc) is 2.94. The van der Waals surface area contributed by atoms with Crippen LogP contribution in [0, 0.1) is 5.82 Å². The van der Waals surface area contributed by atoms with Gasteiger partial charge in [-0.1, -0.05) is 6.07 Å². The minimum atomic E-state index is -0.676. The molecule has 0 radical (unpaired) electrons. The Hall–Kier alpha value is -2.27. The van der Waals surface area contributed by atoms with E-state index in [-0.39, 0.29) is 18.7 Å². The molecule has 2 atom stereocenters. The van der Waals surface area contributed by atoms with Crippen molar-refractivity contribution in [3.05, 3.63) is 53.3 Å². The Balaban J connectivity index is 1.68. The molecule has 0 fully saturated rings. The number of rotatable bonds is 1. The lowest BCUT2D eigenvalue weighted by Gasteiger charge is -2.30. The van der Waals surface area contributed by atoms with Crippen molar-refractivity contribution < 1.29 is 23.7 Å². The minimum Gasteiger partial charge on any atom is -0.485 e. The first kappa shape index (κ1) is 12.5. The van der Waals surface area contributed by atoms with Gasteiger partial charge in [0, 0.05) is 18.1 Å². The van der Waals surface area contributed by atoms with Gasteiger partial charge in [-0.15, -0.1) is 0 Å². The van der Waals surface area contributed by atoms with E-state index in [4.69, 9.17) is 14.2 Å². The number of aliphatic hydroxyl groups is 1. The van der Waals surface area contributed by atoms with Crippen LogP contribution in [0.15, 0.2) is 36.4 Å². The molecule has 0 bridgehead atoms. The Morgan fingerprint density at radius 1 is 1.00 bits per heavy atom. The first-order valence-electron chi connectivity index (χ1n) is 6.74. The summed E-state index contributed by atoms with van der Waals surface area (Å²) in [4.78, 5) is 0. The second-order valence-corrected chi connectivity index (χ2v) is 5.15. The molecule has 4 nitrogen and oxygen atoms in total. The third kappa shape index (κ3) is 2.10. The molecule has 108 valence electrons. The standard InChI is InChI=1S/C16H13FO4/c17-10-2-3-11-12(18)7-14(21-15(11)6-10)9-1-4-13-16(5-9)20-8-19-13/h1-6,12,14,18H,7-8H2/t12-,14?/m0/s1. The molecule has 0 spiro atoms. The maximum Gasteiger partial charge on any atom is 0.231 e. The van der Waals surface area contributed by atoms with Crippen molar-refractivity contribution in [2.24, 2.45) is 0 Å². The van der Waals surface area contributed by atoms with Crippen LogP contribution in [0.1, 0.15) is 29.8 Å². The first-order chi connectivity index (χ1) is 10.2. The van der Waals surface area contributed by atoms with Gasteiger partial charge in [-0.05, 0) is 29.8 Å². The normalized spacial score (nSPS) is 22.6. The molecule has 5 heteroatoms. The van der Waals surface area contributed by atoms with E-state index in [0.717, 1.165) is 5.56 Å². The number of ether oxygens (including phenoxy) is 3. The number of fused-ring (bicyclic) bond motifs is 2. The second kappa shape index (κ2) is 4.63.